The molecule has 1 aromatic rings. The monoisotopic (exact) mass is 273 g/mol. The Kier molecular flexibility index (Phi) is 4.73. The fourth-order valence-corrected chi connectivity index (χ4v) is 2.17. The minimum absolute atomic E-state index is 0.128. The lowest BCUT2D eigenvalue weighted by Crippen LogP contribution is -2.44. The lowest BCUT2D eigenvalue weighted by atomic mass is 10.1. The maximum absolute atomic E-state index is 13.0. The summed E-state index contributed by atoms with van der Waals surface area (Å²) in [6.07, 6.45) is 0. The van der Waals surface area contributed by atoms with Gasteiger partial charge in [-0.15, -0.1) is 11.8 Å². The van der Waals surface area contributed by atoms with Gasteiger partial charge in [-0.25, -0.2) is 8.78 Å². The van der Waals surface area contributed by atoms with Gasteiger partial charge in [0.05, 0.1) is 5.25 Å². The van der Waals surface area contributed by atoms with Crippen molar-refractivity contribution in [2.75, 3.05) is 0 Å². The third-order valence-electron chi connectivity index (χ3n) is 2.07. The highest BCUT2D eigenvalue weighted by molar-refractivity contribution is 8.00. The molecule has 2 nitrogen and oxygen atoms in total. The van der Waals surface area contributed by atoms with E-state index in [9.17, 15) is 13.6 Å². The van der Waals surface area contributed by atoms with Crippen LogP contribution in [-0.4, -0.2) is 16.7 Å². The second-order valence-electron chi connectivity index (χ2n) is 5.08. The third kappa shape index (κ3) is 4.64. The smallest absolute Gasteiger partial charge is 0.233 e. The molecule has 1 atom stereocenters. The molecule has 0 aliphatic heterocycles. The fraction of sp³-hybridized carbons (Fsp3) is 0.462. The standard InChI is InChI=1S/C13H17F2NOS/c1-8(12(17)16-13(2,3)4)18-9-5-6-10(14)11(15)7-9/h5-8H,1-4H3,(H,16,17). The molecule has 0 spiro atoms. The Balaban J connectivity index is 2.66. The lowest BCUT2D eigenvalue weighted by molar-refractivity contribution is -0.121. The largest absolute Gasteiger partial charge is 0.351 e. The van der Waals surface area contributed by atoms with Crippen LogP contribution in [0.15, 0.2) is 23.1 Å². The molecule has 0 aromatic heterocycles. The van der Waals surface area contributed by atoms with Crippen LogP contribution in [0.25, 0.3) is 0 Å². The Morgan fingerprint density at radius 2 is 1.89 bits per heavy atom. The zero-order valence-corrected chi connectivity index (χ0v) is 11.7. The molecule has 1 aromatic carbocycles. The second kappa shape index (κ2) is 5.69. The van der Waals surface area contributed by atoms with Crippen molar-refractivity contribution in [2.24, 2.45) is 0 Å². The minimum atomic E-state index is -0.900. The molecule has 0 fully saturated rings. The molecular formula is C13H17F2NOS. The van der Waals surface area contributed by atoms with E-state index in [4.69, 9.17) is 0 Å². The number of halogens is 2. The molecule has 5 heteroatoms. The van der Waals surface area contributed by atoms with Crippen molar-refractivity contribution in [1.82, 2.24) is 5.32 Å². The number of benzene rings is 1. The zero-order valence-electron chi connectivity index (χ0n) is 10.9. The number of amides is 1. The first-order valence-electron chi connectivity index (χ1n) is 5.63. The Bertz CT molecular complexity index is 443. The Morgan fingerprint density at radius 3 is 2.39 bits per heavy atom. The van der Waals surface area contributed by atoms with Gasteiger partial charge in [-0.2, -0.15) is 0 Å². The number of thioether (sulfide) groups is 1. The van der Waals surface area contributed by atoms with E-state index in [1.807, 2.05) is 20.8 Å². The van der Waals surface area contributed by atoms with E-state index in [-0.39, 0.29) is 16.7 Å². The molecule has 0 heterocycles. The summed E-state index contributed by atoms with van der Waals surface area (Å²) >= 11 is 1.20. The maximum atomic E-state index is 13.0. The summed E-state index contributed by atoms with van der Waals surface area (Å²) in [6.45, 7) is 7.40. The number of nitrogens with one attached hydrogen (secondary N) is 1. The van der Waals surface area contributed by atoms with Crippen LogP contribution in [0.5, 0.6) is 0 Å². The normalized spacial score (nSPS) is 13.2. The van der Waals surface area contributed by atoms with Crippen molar-refractivity contribution in [3.05, 3.63) is 29.8 Å². The van der Waals surface area contributed by atoms with Gasteiger partial charge in [0.15, 0.2) is 11.6 Å². The van der Waals surface area contributed by atoms with E-state index < -0.39 is 11.6 Å². The average Bonchev–Trinajstić information content (AvgIpc) is 2.21. The SMILES string of the molecule is CC(Sc1ccc(F)c(F)c1)C(=O)NC(C)(C)C. The molecule has 0 aliphatic carbocycles. The summed E-state index contributed by atoms with van der Waals surface area (Å²) in [6, 6.07) is 3.62. The van der Waals surface area contributed by atoms with Crippen LogP contribution >= 0.6 is 11.8 Å². The first kappa shape index (κ1) is 15.0. The van der Waals surface area contributed by atoms with Crippen LogP contribution in [0.1, 0.15) is 27.7 Å². The number of carbonyl (C=O) groups is 1. The molecule has 0 radical (unpaired) electrons. The molecule has 100 valence electrons. The van der Waals surface area contributed by atoms with Gasteiger partial charge in [-0.1, -0.05) is 0 Å². The van der Waals surface area contributed by atoms with Crippen molar-refractivity contribution in [3.8, 4) is 0 Å². The van der Waals surface area contributed by atoms with Crippen molar-refractivity contribution >= 4 is 17.7 Å². The topological polar surface area (TPSA) is 29.1 Å². The summed E-state index contributed by atoms with van der Waals surface area (Å²) in [4.78, 5) is 12.3. The van der Waals surface area contributed by atoms with Crippen LogP contribution < -0.4 is 5.32 Å². The van der Waals surface area contributed by atoms with Gasteiger partial charge in [-0.05, 0) is 45.9 Å². The van der Waals surface area contributed by atoms with Gasteiger partial charge in [0.2, 0.25) is 5.91 Å². The number of hydrogen-bond acceptors (Lipinski definition) is 2. The van der Waals surface area contributed by atoms with Gasteiger partial charge < -0.3 is 5.32 Å². The van der Waals surface area contributed by atoms with Crippen LogP contribution in [0.2, 0.25) is 0 Å². The molecule has 1 amide bonds. The van der Waals surface area contributed by atoms with Gasteiger partial charge in [0.25, 0.3) is 0 Å². The van der Waals surface area contributed by atoms with Crippen molar-refractivity contribution in [3.63, 3.8) is 0 Å². The van der Waals surface area contributed by atoms with E-state index in [0.29, 0.717) is 4.90 Å². The number of hydrogen-bond donors (Lipinski definition) is 1. The molecule has 18 heavy (non-hydrogen) atoms. The Labute approximate surface area is 110 Å². The summed E-state index contributed by atoms with van der Waals surface area (Å²) < 4.78 is 25.8. The number of carbonyl (C=O) groups excluding carboxylic acids is 1. The Hall–Kier alpha value is -1.10. The van der Waals surface area contributed by atoms with Crippen LogP contribution in [-0.2, 0) is 4.79 Å². The lowest BCUT2D eigenvalue weighted by Gasteiger charge is -2.23. The first-order chi connectivity index (χ1) is 8.19. The number of rotatable bonds is 3. The fourth-order valence-electron chi connectivity index (χ4n) is 1.28. The summed E-state index contributed by atoms with van der Waals surface area (Å²) in [5.41, 5.74) is -0.306. The average molecular weight is 273 g/mol. The molecule has 0 bridgehead atoms. The maximum Gasteiger partial charge on any atom is 0.233 e. The molecular weight excluding hydrogens is 256 g/mol. The van der Waals surface area contributed by atoms with Gasteiger partial charge in [0.1, 0.15) is 0 Å². The predicted octanol–water partition coefficient (Wildman–Crippen LogP) is 3.36. The van der Waals surface area contributed by atoms with Gasteiger partial charge in [0, 0.05) is 10.4 Å². The predicted molar refractivity (Wildman–Crippen MR) is 69.6 cm³/mol. The molecule has 0 aliphatic rings. The summed E-state index contributed by atoms with van der Waals surface area (Å²) in [5.74, 6) is -1.91. The van der Waals surface area contributed by atoms with Crippen molar-refractivity contribution in [1.29, 1.82) is 0 Å². The van der Waals surface area contributed by atoms with Gasteiger partial charge >= 0.3 is 0 Å². The highest BCUT2D eigenvalue weighted by Crippen LogP contribution is 2.25. The highest BCUT2D eigenvalue weighted by atomic mass is 32.2. The minimum Gasteiger partial charge on any atom is -0.351 e. The summed E-state index contributed by atoms with van der Waals surface area (Å²) in [5, 5.41) is 2.47. The van der Waals surface area contributed by atoms with Crippen molar-refractivity contribution < 1.29 is 13.6 Å². The van der Waals surface area contributed by atoms with E-state index in [2.05, 4.69) is 5.32 Å². The first-order valence-corrected chi connectivity index (χ1v) is 6.51. The molecule has 1 N–H and O–H groups in total. The van der Waals surface area contributed by atoms with Crippen LogP contribution in [0.3, 0.4) is 0 Å². The van der Waals surface area contributed by atoms with Crippen LogP contribution in [0.4, 0.5) is 8.78 Å². The molecule has 0 saturated carbocycles. The van der Waals surface area contributed by atoms with Gasteiger partial charge in [-0.3, -0.25) is 4.79 Å². The van der Waals surface area contributed by atoms with E-state index in [1.54, 1.807) is 6.92 Å². The molecule has 0 saturated heterocycles. The molecule has 1 unspecified atom stereocenters. The second-order valence-corrected chi connectivity index (χ2v) is 6.49. The summed E-state index contributed by atoms with van der Waals surface area (Å²) in [7, 11) is 0. The van der Waals surface area contributed by atoms with E-state index >= 15 is 0 Å². The van der Waals surface area contributed by atoms with Crippen molar-refractivity contribution in [2.45, 2.75) is 43.4 Å². The zero-order chi connectivity index (χ0) is 13.9. The van der Waals surface area contributed by atoms with E-state index in [0.717, 1.165) is 12.1 Å². The van der Waals surface area contributed by atoms with Crippen LogP contribution in [0, 0.1) is 11.6 Å². The highest BCUT2D eigenvalue weighted by Gasteiger charge is 2.20. The third-order valence-corrected chi connectivity index (χ3v) is 3.17. The quantitative estimate of drug-likeness (QED) is 0.856. The Morgan fingerprint density at radius 1 is 1.28 bits per heavy atom. The van der Waals surface area contributed by atoms with E-state index in [1.165, 1.54) is 17.8 Å². The molecule has 1 rings (SSSR count).